The molecule has 0 bridgehead atoms. The summed E-state index contributed by atoms with van der Waals surface area (Å²) < 4.78 is 1.97. The van der Waals surface area contributed by atoms with Gasteiger partial charge in [0.2, 0.25) is 11.5 Å². The third-order valence-corrected chi connectivity index (χ3v) is 1.82. The average molecular weight is 163 g/mol. The van der Waals surface area contributed by atoms with Crippen LogP contribution in [0.25, 0.3) is 5.65 Å². The van der Waals surface area contributed by atoms with Crippen LogP contribution >= 0.6 is 0 Å². The zero-order valence-corrected chi connectivity index (χ0v) is 6.83. The van der Waals surface area contributed by atoms with E-state index in [0.29, 0.717) is 0 Å². The molecule has 0 unspecified atom stereocenters. The number of anilines is 1. The Hall–Kier alpha value is -1.55. The number of hydrogen-bond donors (Lipinski definition) is 3. The van der Waals surface area contributed by atoms with Crippen molar-refractivity contribution in [2.45, 2.75) is 6.92 Å². The summed E-state index contributed by atoms with van der Waals surface area (Å²) in [6.45, 7) is 2.01. The number of nitrogen functional groups attached to an aromatic ring is 1. The lowest BCUT2D eigenvalue weighted by molar-refractivity contribution is -0.494. The highest BCUT2D eigenvalue weighted by atomic mass is 15.3. The molecule has 0 aliphatic rings. The molecule has 4 nitrogen and oxygen atoms in total. The number of nitrogens with zero attached hydrogens (tertiary/aromatic N) is 1. The minimum absolute atomic E-state index is 0.872. The van der Waals surface area contributed by atoms with E-state index in [1.807, 2.05) is 35.7 Å². The summed E-state index contributed by atoms with van der Waals surface area (Å²) in [5.74, 6) is 6.21. The Bertz CT molecular complexity index is 404. The average Bonchev–Trinajstić information content (AvgIpc) is 2.44. The van der Waals surface area contributed by atoms with Gasteiger partial charge in [-0.3, -0.25) is 4.98 Å². The Morgan fingerprint density at radius 1 is 1.50 bits per heavy atom. The Morgan fingerprint density at radius 2 is 2.33 bits per heavy atom. The number of aromatic amines is 1. The van der Waals surface area contributed by atoms with Crippen molar-refractivity contribution in [3.63, 3.8) is 0 Å². The zero-order chi connectivity index (χ0) is 8.55. The molecule has 0 atom stereocenters. The lowest BCUT2D eigenvalue weighted by Gasteiger charge is -1.94. The smallest absolute Gasteiger partial charge is 0.242 e. The Balaban J connectivity index is 2.78. The lowest BCUT2D eigenvalue weighted by atomic mass is 10.4. The number of fused-ring (bicyclic) bond motifs is 1. The maximum absolute atomic E-state index is 5.34. The molecular formula is C8H11N4+. The normalized spacial score (nSPS) is 10.5. The second-order valence-corrected chi connectivity index (χ2v) is 2.75. The number of imidazole rings is 1. The topological polar surface area (TPSA) is 57.9 Å². The number of aromatic nitrogens is 2. The van der Waals surface area contributed by atoms with Gasteiger partial charge < -0.3 is 0 Å². The van der Waals surface area contributed by atoms with E-state index in [4.69, 9.17) is 5.84 Å². The number of aryl methyl sites for hydroxylation is 1. The predicted molar refractivity (Wildman–Crippen MR) is 46.5 cm³/mol. The van der Waals surface area contributed by atoms with Gasteiger partial charge in [0.1, 0.15) is 11.9 Å². The van der Waals surface area contributed by atoms with Crippen molar-refractivity contribution in [2.75, 3.05) is 5.43 Å². The quantitative estimate of drug-likeness (QED) is 0.323. The molecular weight excluding hydrogens is 152 g/mol. The molecule has 2 heterocycles. The number of nitrogens with one attached hydrogen (secondary N) is 2. The molecule has 2 rings (SSSR count). The van der Waals surface area contributed by atoms with Crippen LogP contribution < -0.4 is 15.7 Å². The molecule has 2 aromatic heterocycles. The van der Waals surface area contributed by atoms with Gasteiger partial charge in [0, 0.05) is 12.1 Å². The molecule has 0 aromatic carbocycles. The SMILES string of the molecule is Cc1c[n+]2c(NN)cccc2[nH]1. The van der Waals surface area contributed by atoms with Crippen molar-refractivity contribution in [3.8, 4) is 0 Å². The highest BCUT2D eigenvalue weighted by Gasteiger charge is 2.06. The van der Waals surface area contributed by atoms with Crippen molar-refractivity contribution in [1.82, 2.24) is 4.98 Å². The highest BCUT2D eigenvalue weighted by molar-refractivity contribution is 5.37. The maximum atomic E-state index is 5.34. The van der Waals surface area contributed by atoms with Gasteiger partial charge in [0.15, 0.2) is 0 Å². The number of hydrazine groups is 1. The molecule has 4 N–H and O–H groups in total. The van der Waals surface area contributed by atoms with Crippen molar-refractivity contribution in [2.24, 2.45) is 5.84 Å². The van der Waals surface area contributed by atoms with Crippen LogP contribution in [0.1, 0.15) is 5.69 Å². The van der Waals surface area contributed by atoms with Gasteiger partial charge in [-0.1, -0.05) is 0 Å². The minimum Gasteiger partial charge on any atom is -0.274 e. The Kier molecular flexibility index (Phi) is 1.48. The van der Waals surface area contributed by atoms with Gasteiger partial charge in [-0.25, -0.2) is 15.7 Å². The highest BCUT2D eigenvalue weighted by Crippen LogP contribution is 2.02. The van der Waals surface area contributed by atoms with Gasteiger partial charge in [0.25, 0.3) is 0 Å². The minimum atomic E-state index is 0.872. The Morgan fingerprint density at radius 3 is 3.08 bits per heavy atom. The number of rotatable bonds is 1. The second-order valence-electron chi connectivity index (χ2n) is 2.75. The molecule has 0 saturated carbocycles. The first-order valence-electron chi connectivity index (χ1n) is 3.78. The summed E-state index contributed by atoms with van der Waals surface area (Å²) in [7, 11) is 0. The van der Waals surface area contributed by atoms with Crippen molar-refractivity contribution in [3.05, 3.63) is 30.1 Å². The standard InChI is InChI=1S/C8H10N4/c1-6-5-12-7(10-6)3-2-4-8(12)11-9/h2-5H,9H2,1H3,(H,10,11)/p+1. The molecule has 0 saturated heterocycles. The van der Waals surface area contributed by atoms with Crippen LogP contribution in [0, 0.1) is 6.92 Å². The van der Waals surface area contributed by atoms with Gasteiger partial charge in [-0.2, -0.15) is 0 Å². The van der Waals surface area contributed by atoms with E-state index >= 15 is 0 Å². The first-order valence-corrected chi connectivity index (χ1v) is 3.78. The van der Waals surface area contributed by atoms with Crippen LogP contribution in [-0.2, 0) is 0 Å². The van der Waals surface area contributed by atoms with Gasteiger partial charge in [0.05, 0.1) is 0 Å². The summed E-state index contributed by atoms with van der Waals surface area (Å²) in [5.41, 5.74) is 4.77. The third kappa shape index (κ3) is 0.931. The molecule has 12 heavy (non-hydrogen) atoms. The zero-order valence-electron chi connectivity index (χ0n) is 6.83. The fraction of sp³-hybridized carbons (Fsp3) is 0.125. The van der Waals surface area contributed by atoms with Crippen LogP contribution in [0.5, 0.6) is 0 Å². The van der Waals surface area contributed by atoms with Crippen molar-refractivity contribution < 1.29 is 4.40 Å². The monoisotopic (exact) mass is 163 g/mol. The van der Waals surface area contributed by atoms with E-state index in [1.54, 1.807) is 0 Å². The number of pyridine rings is 1. The fourth-order valence-corrected chi connectivity index (χ4v) is 1.31. The molecule has 0 aliphatic carbocycles. The van der Waals surface area contributed by atoms with E-state index in [-0.39, 0.29) is 0 Å². The summed E-state index contributed by atoms with van der Waals surface area (Å²) >= 11 is 0. The molecule has 0 fully saturated rings. The van der Waals surface area contributed by atoms with Crippen LogP contribution in [0.3, 0.4) is 0 Å². The van der Waals surface area contributed by atoms with E-state index in [1.165, 1.54) is 0 Å². The molecule has 2 aromatic rings. The van der Waals surface area contributed by atoms with E-state index < -0.39 is 0 Å². The predicted octanol–water partition coefficient (Wildman–Crippen LogP) is 0.347. The second kappa shape index (κ2) is 2.49. The van der Waals surface area contributed by atoms with Crippen LogP contribution in [0.2, 0.25) is 0 Å². The molecule has 62 valence electrons. The van der Waals surface area contributed by atoms with Crippen LogP contribution in [0.4, 0.5) is 5.82 Å². The summed E-state index contributed by atoms with van der Waals surface area (Å²) in [6.07, 6.45) is 1.99. The van der Waals surface area contributed by atoms with E-state index in [9.17, 15) is 0 Å². The van der Waals surface area contributed by atoms with Gasteiger partial charge >= 0.3 is 0 Å². The van der Waals surface area contributed by atoms with Crippen LogP contribution in [-0.4, -0.2) is 4.98 Å². The van der Waals surface area contributed by atoms with E-state index in [2.05, 4.69) is 10.4 Å². The van der Waals surface area contributed by atoms with Gasteiger partial charge in [-0.15, -0.1) is 0 Å². The molecule has 0 aliphatic heterocycles. The fourth-order valence-electron chi connectivity index (χ4n) is 1.31. The van der Waals surface area contributed by atoms with E-state index in [0.717, 1.165) is 17.2 Å². The van der Waals surface area contributed by atoms with Crippen molar-refractivity contribution in [1.29, 1.82) is 0 Å². The summed E-state index contributed by atoms with van der Waals surface area (Å²) in [4.78, 5) is 3.20. The summed E-state index contributed by atoms with van der Waals surface area (Å²) in [5, 5.41) is 0. The van der Waals surface area contributed by atoms with Gasteiger partial charge in [-0.05, 0) is 13.0 Å². The first kappa shape index (κ1) is 7.12. The number of nitrogens with two attached hydrogens (primary N) is 1. The van der Waals surface area contributed by atoms with Crippen molar-refractivity contribution >= 4 is 11.5 Å². The molecule has 0 spiro atoms. The number of hydrogen-bond acceptors (Lipinski definition) is 2. The third-order valence-electron chi connectivity index (χ3n) is 1.82. The first-order chi connectivity index (χ1) is 5.81. The molecule has 0 amide bonds. The molecule has 4 heteroatoms. The largest absolute Gasteiger partial charge is 0.274 e. The van der Waals surface area contributed by atoms with Crippen LogP contribution in [0.15, 0.2) is 24.4 Å². The summed E-state index contributed by atoms with van der Waals surface area (Å²) in [6, 6.07) is 5.86. The molecule has 0 radical (unpaired) electrons. The Labute approximate surface area is 70.0 Å². The lowest BCUT2D eigenvalue weighted by Crippen LogP contribution is -2.27. The number of H-pyrrole nitrogens is 1. The maximum Gasteiger partial charge on any atom is 0.242 e.